The van der Waals surface area contributed by atoms with Crippen molar-refractivity contribution in [3.8, 4) is 11.5 Å². The zero-order chi connectivity index (χ0) is 16.1. The van der Waals surface area contributed by atoms with Crippen molar-refractivity contribution in [2.24, 2.45) is 5.92 Å². The molecule has 23 heavy (non-hydrogen) atoms. The van der Waals surface area contributed by atoms with Gasteiger partial charge in [0.1, 0.15) is 19.0 Å². The molecule has 0 bridgehead atoms. The summed E-state index contributed by atoms with van der Waals surface area (Å²) in [4.78, 5) is 8.73. The molecule has 0 fully saturated rings. The van der Waals surface area contributed by atoms with Crippen LogP contribution < -0.4 is 20.1 Å². The van der Waals surface area contributed by atoms with Crippen LogP contribution in [0.15, 0.2) is 30.5 Å². The molecule has 6 heteroatoms. The second kappa shape index (κ2) is 7.17. The Labute approximate surface area is 136 Å². The summed E-state index contributed by atoms with van der Waals surface area (Å²) in [6.45, 7) is 6.47. The molecule has 0 aliphatic carbocycles. The van der Waals surface area contributed by atoms with Crippen LogP contribution in [0.1, 0.15) is 20.3 Å². The van der Waals surface area contributed by atoms with E-state index in [1.165, 1.54) is 0 Å². The maximum absolute atomic E-state index is 5.58. The Hall–Kier alpha value is -2.50. The van der Waals surface area contributed by atoms with Crippen molar-refractivity contribution < 1.29 is 9.47 Å². The van der Waals surface area contributed by atoms with Crippen LogP contribution in [0.3, 0.4) is 0 Å². The van der Waals surface area contributed by atoms with Crippen LogP contribution in [0, 0.1) is 5.92 Å². The van der Waals surface area contributed by atoms with Crippen LogP contribution in [-0.4, -0.2) is 29.7 Å². The van der Waals surface area contributed by atoms with Gasteiger partial charge in [0.25, 0.3) is 0 Å². The summed E-state index contributed by atoms with van der Waals surface area (Å²) in [5.74, 6) is 3.55. The minimum absolute atomic E-state index is 0.552. The van der Waals surface area contributed by atoms with Gasteiger partial charge in [-0.1, -0.05) is 13.8 Å². The van der Waals surface area contributed by atoms with Crippen molar-refractivity contribution >= 4 is 17.5 Å². The van der Waals surface area contributed by atoms with Crippen molar-refractivity contribution in [1.82, 2.24) is 9.97 Å². The number of anilines is 3. The van der Waals surface area contributed by atoms with Gasteiger partial charge >= 0.3 is 0 Å². The van der Waals surface area contributed by atoms with Gasteiger partial charge in [-0.25, -0.2) is 4.98 Å². The third-order valence-corrected chi connectivity index (χ3v) is 3.48. The summed E-state index contributed by atoms with van der Waals surface area (Å²) in [6, 6.07) is 7.59. The first-order chi connectivity index (χ1) is 11.2. The highest BCUT2D eigenvalue weighted by atomic mass is 16.6. The maximum Gasteiger partial charge on any atom is 0.229 e. The van der Waals surface area contributed by atoms with Crippen molar-refractivity contribution in [3.63, 3.8) is 0 Å². The molecule has 1 aliphatic heterocycles. The van der Waals surface area contributed by atoms with Crippen molar-refractivity contribution in [2.45, 2.75) is 20.3 Å². The van der Waals surface area contributed by atoms with E-state index < -0.39 is 0 Å². The van der Waals surface area contributed by atoms with Crippen LogP contribution in [0.2, 0.25) is 0 Å². The normalized spacial score (nSPS) is 13.0. The highest BCUT2D eigenvalue weighted by Gasteiger charge is 2.12. The Morgan fingerprint density at radius 3 is 2.78 bits per heavy atom. The van der Waals surface area contributed by atoms with Crippen LogP contribution in [-0.2, 0) is 0 Å². The molecule has 3 rings (SSSR count). The average molecular weight is 314 g/mol. The molecule has 1 aromatic heterocycles. The smallest absolute Gasteiger partial charge is 0.229 e. The van der Waals surface area contributed by atoms with E-state index in [4.69, 9.17) is 9.47 Å². The molecule has 6 nitrogen and oxygen atoms in total. The van der Waals surface area contributed by atoms with Gasteiger partial charge in [-0.15, -0.1) is 0 Å². The molecule has 0 saturated heterocycles. The summed E-state index contributed by atoms with van der Waals surface area (Å²) < 4.78 is 11.1. The largest absolute Gasteiger partial charge is 0.486 e. The van der Waals surface area contributed by atoms with Crippen LogP contribution in [0.5, 0.6) is 11.5 Å². The molecule has 0 unspecified atom stereocenters. The third kappa shape index (κ3) is 4.25. The summed E-state index contributed by atoms with van der Waals surface area (Å²) >= 11 is 0. The first-order valence-electron chi connectivity index (χ1n) is 7.94. The molecule has 0 atom stereocenters. The Morgan fingerprint density at radius 2 is 1.96 bits per heavy atom. The minimum Gasteiger partial charge on any atom is -0.486 e. The predicted octanol–water partition coefficient (Wildman–Crippen LogP) is 3.45. The van der Waals surface area contributed by atoms with Gasteiger partial charge in [0.15, 0.2) is 11.5 Å². The van der Waals surface area contributed by atoms with Crippen molar-refractivity contribution in [2.75, 3.05) is 30.4 Å². The van der Waals surface area contributed by atoms with Gasteiger partial charge in [0.05, 0.1) is 0 Å². The highest BCUT2D eigenvalue weighted by Crippen LogP contribution is 2.33. The number of aromatic nitrogens is 2. The van der Waals surface area contributed by atoms with E-state index in [1.54, 1.807) is 6.20 Å². The van der Waals surface area contributed by atoms with Gasteiger partial charge in [-0.2, -0.15) is 4.98 Å². The van der Waals surface area contributed by atoms with Crippen LogP contribution >= 0.6 is 0 Å². The molecular formula is C17H22N4O2. The molecule has 0 spiro atoms. The van der Waals surface area contributed by atoms with E-state index in [1.807, 2.05) is 24.3 Å². The van der Waals surface area contributed by atoms with Gasteiger partial charge in [0, 0.05) is 24.5 Å². The lowest BCUT2D eigenvalue weighted by molar-refractivity contribution is 0.171. The fraction of sp³-hybridized carbons (Fsp3) is 0.412. The fourth-order valence-corrected chi connectivity index (χ4v) is 2.26. The fourth-order valence-electron chi connectivity index (χ4n) is 2.26. The summed E-state index contributed by atoms with van der Waals surface area (Å²) in [5.41, 5.74) is 0.869. The molecule has 0 amide bonds. The average Bonchev–Trinajstić information content (AvgIpc) is 2.55. The van der Waals surface area contributed by atoms with Gasteiger partial charge in [0.2, 0.25) is 5.95 Å². The van der Waals surface area contributed by atoms with E-state index in [2.05, 4.69) is 34.4 Å². The van der Waals surface area contributed by atoms with E-state index in [0.717, 1.165) is 36.0 Å². The number of ether oxygens (including phenoxy) is 2. The van der Waals surface area contributed by atoms with Crippen LogP contribution in [0.25, 0.3) is 0 Å². The third-order valence-electron chi connectivity index (χ3n) is 3.48. The zero-order valence-electron chi connectivity index (χ0n) is 13.5. The van der Waals surface area contributed by atoms with Crippen molar-refractivity contribution in [3.05, 3.63) is 30.5 Å². The highest BCUT2D eigenvalue weighted by molar-refractivity contribution is 5.60. The van der Waals surface area contributed by atoms with Crippen LogP contribution in [0.4, 0.5) is 17.5 Å². The summed E-state index contributed by atoms with van der Waals surface area (Å²) in [7, 11) is 0. The number of hydrogen-bond acceptors (Lipinski definition) is 6. The molecule has 2 aromatic rings. The van der Waals surface area contributed by atoms with Gasteiger partial charge < -0.3 is 20.1 Å². The minimum atomic E-state index is 0.552. The Balaban J connectivity index is 1.65. The number of nitrogens with zero attached hydrogens (tertiary/aromatic N) is 2. The van der Waals surface area contributed by atoms with E-state index in [-0.39, 0.29) is 0 Å². The van der Waals surface area contributed by atoms with E-state index in [9.17, 15) is 0 Å². The lowest BCUT2D eigenvalue weighted by atomic mass is 10.1. The molecule has 122 valence electrons. The maximum atomic E-state index is 5.58. The Bertz CT molecular complexity index is 661. The lowest BCUT2D eigenvalue weighted by Gasteiger charge is -2.19. The Morgan fingerprint density at radius 1 is 1.13 bits per heavy atom. The SMILES string of the molecule is CC(C)CCNc1ccnc(Nc2ccc3c(c2)OCCO3)n1. The molecule has 1 aromatic carbocycles. The van der Waals surface area contributed by atoms with Crippen molar-refractivity contribution in [1.29, 1.82) is 0 Å². The molecule has 2 heterocycles. The molecule has 0 saturated carbocycles. The Kier molecular flexibility index (Phi) is 4.80. The standard InChI is InChI=1S/C17H22N4O2/c1-12(2)5-7-18-16-6-8-19-17(21-16)20-13-3-4-14-15(11-13)23-10-9-22-14/h3-4,6,8,11-12H,5,7,9-10H2,1-2H3,(H2,18,19,20,21). The number of benzene rings is 1. The van der Waals surface area contributed by atoms with Gasteiger partial charge in [-0.05, 0) is 30.5 Å². The first kappa shape index (κ1) is 15.4. The quantitative estimate of drug-likeness (QED) is 0.851. The lowest BCUT2D eigenvalue weighted by Crippen LogP contribution is -2.15. The molecule has 1 aliphatic rings. The second-order valence-corrected chi connectivity index (χ2v) is 5.86. The predicted molar refractivity (Wildman–Crippen MR) is 90.7 cm³/mol. The number of hydrogen-bond donors (Lipinski definition) is 2. The molecular weight excluding hydrogens is 292 g/mol. The number of nitrogens with one attached hydrogen (secondary N) is 2. The second-order valence-electron chi connectivity index (χ2n) is 5.86. The van der Waals surface area contributed by atoms with E-state index >= 15 is 0 Å². The first-order valence-corrected chi connectivity index (χ1v) is 7.94. The molecule has 2 N–H and O–H groups in total. The van der Waals surface area contributed by atoms with Gasteiger partial charge in [-0.3, -0.25) is 0 Å². The summed E-state index contributed by atoms with van der Waals surface area (Å²) in [5, 5.41) is 6.51. The van der Waals surface area contributed by atoms with E-state index in [0.29, 0.717) is 25.1 Å². The number of fused-ring (bicyclic) bond motifs is 1. The topological polar surface area (TPSA) is 68.3 Å². The zero-order valence-corrected chi connectivity index (χ0v) is 13.5. The number of rotatable bonds is 6. The monoisotopic (exact) mass is 314 g/mol. The summed E-state index contributed by atoms with van der Waals surface area (Å²) in [6.07, 6.45) is 2.85. The molecule has 0 radical (unpaired) electrons.